The van der Waals surface area contributed by atoms with Crippen molar-refractivity contribution >= 4 is 23.4 Å². The Labute approximate surface area is 188 Å². The smallest absolute Gasteiger partial charge is 0.255 e. The van der Waals surface area contributed by atoms with Gasteiger partial charge in [0.25, 0.3) is 5.91 Å². The molecule has 0 spiro atoms. The maximum atomic E-state index is 13.3. The van der Waals surface area contributed by atoms with Crippen molar-refractivity contribution in [3.8, 4) is 11.5 Å². The van der Waals surface area contributed by atoms with E-state index in [2.05, 4.69) is 0 Å². The first-order valence-corrected chi connectivity index (χ1v) is 11.0. The molecule has 0 unspecified atom stereocenters. The lowest BCUT2D eigenvalue weighted by molar-refractivity contribution is -0.134. The van der Waals surface area contributed by atoms with Crippen molar-refractivity contribution < 1.29 is 19.1 Å². The van der Waals surface area contributed by atoms with Gasteiger partial charge in [0.05, 0.1) is 13.5 Å². The molecule has 1 aliphatic rings. The second-order valence-corrected chi connectivity index (χ2v) is 8.29. The molecule has 2 amide bonds. The number of benzene rings is 2. The van der Waals surface area contributed by atoms with Gasteiger partial charge < -0.3 is 20.1 Å². The second kappa shape index (κ2) is 11.0. The van der Waals surface area contributed by atoms with Crippen molar-refractivity contribution in [2.45, 2.75) is 51.1 Å². The van der Waals surface area contributed by atoms with Gasteiger partial charge in [-0.1, -0.05) is 49.1 Å². The summed E-state index contributed by atoms with van der Waals surface area (Å²) in [6, 6.07) is 13.1. The van der Waals surface area contributed by atoms with Crippen molar-refractivity contribution in [3.63, 3.8) is 0 Å². The quantitative estimate of drug-likeness (QED) is 0.630. The average molecular weight is 445 g/mol. The zero-order chi connectivity index (χ0) is 22.2. The highest BCUT2D eigenvalue weighted by Gasteiger charge is 2.26. The number of methoxy groups -OCH3 is 1. The van der Waals surface area contributed by atoms with Crippen LogP contribution in [0.1, 0.15) is 43.2 Å². The standard InChI is InChI=1S/C24H29ClN2O4/c1-30-22-13-18(9-12-21(22)31-16-23(26)28)15-27(20-5-3-2-4-6-20)24(29)14-17-7-10-19(25)11-8-17/h7-13,20H,2-6,14-16H2,1H3,(H2,26,28). The second-order valence-electron chi connectivity index (χ2n) is 7.86. The van der Waals surface area contributed by atoms with Gasteiger partial charge in [-0.25, -0.2) is 0 Å². The summed E-state index contributed by atoms with van der Waals surface area (Å²) in [5.74, 6) is 0.499. The molecule has 0 saturated heterocycles. The molecule has 166 valence electrons. The highest BCUT2D eigenvalue weighted by atomic mass is 35.5. The van der Waals surface area contributed by atoms with Gasteiger partial charge in [0.1, 0.15) is 0 Å². The van der Waals surface area contributed by atoms with Gasteiger partial charge in [0.2, 0.25) is 5.91 Å². The molecule has 2 N–H and O–H groups in total. The Kier molecular flexibility index (Phi) is 8.18. The molecule has 31 heavy (non-hydrogen) atoms. The number of rotatable bonds is 9. The first-order valence-electron chi connectivity index (χ1n) is 10.6. The van der Waals surface area contributed by atoms with E-state index >= 15 is 0 Å². The van der Waals surface area contributed by atoms with E-state index < -0.39 is 5.91 Å². The summed E-state index contributed by atoms with van der Waals surface area (Å²) in [6.45, 7) is 0.271. The maximum absolute atomic E-state index is 13.3. The van der Waals surface area contributed by atoms with Crippen LogP contribution in [0.25, 0.3) is 0 Å². The zero-order valence-corrected chi connectivity index (χ0v) is 18.6. The molecule has 0 aromatic heterocycles. The van der Waals surface area contributed by atoms with E-state index in [0.717, 1.165) is 36.8 Å². The van der Waals surface area contributed by atoms with E-state index in [1.807, 2.05) is 41.3 Å². The molecule has 6 nitrogen and oxygen atoms in total. The third kappa shape index (κ3) is 6.62. The van der Waals surface area contributed by atoms with Crippen LogP contribution in [0.2, 0.25) is 5.02 Å². The Balaban J connectivity index is 1.78. The number of amides is 2. The lowest BCUT2D eigenvalue weighted by Crippen LogP contribution is -2.41. The minimum atomic E-state index is -0.553. The van der Waals surface area contributed by atoms with Crippen LogP contribution in [0.4, 0.5) is 0 Å². The van der Waals surface area contributed by atoms with Crippen molar-refractivity contribution in [2.24, 2.45) is 5.73 Å². The molecular weight excluding hydrogens is 416 g/mol. The average Bonchev–Trinajstić information content (AvgIpc) is 2.78. The number of nitrogens with zero attached hydrogens (tertiary/aromatic N) is 1. The Morgan fingerprint density at radius 3 is 2.35 bits per heavy atom. The van der Waals surface area contributed by atoms with E-state index in [1.54, 1.807) is 13.2 Å². The monoisotopic (exact) mass is 444 g/mol. The zero-order valence-electron chi connectivity index (χ0n) is 17.8. The number of carbonyl (C=O) groups is 2. The van der Waals surface area contributed by atoms with Gasteiger partial charge >= 0.3 is 0 Å². The van der Waals surface area contributed by atoms with E-state index in [-0.39, 0.29) is 18.6 Å². The number of carbonyl (C=O) groups excluding carboxylic acids is 2. The summed E-state index contributed by atoms with van der Waals surface area (Å²) in [5, 5.41) is 0.658. The molecule has 0 atom stereocenters. The fraction of sp³-hybridized carbons (Fsp3) is 0.417. The summed E-state index contributed by atoms with van der Waals surface area (Å²) in [7, 11) is 1.54. The van der Waals surface area contributed by atoms with Crippen molar-refractivity contribution in [3.05, 3.63) is 58.6 Å². The Morgan fingerprint density at radius 2 is 1.71 bits per heavy atom. The molecule has 1 aliphatic carbocycles. The van der Waals surface area contributed by atoms with Crippen molar-refractivity contribution in [1.82, 2.24) is 4.90 Å². The largest absolute Gasteiger partial charge is 0.493 e. The third-order valence-electron chi connectivity index (χ3n) is 5.56. The third-order valence-corrected chi connectivity index (χ3v) is 5.81. The normalized spacial score (nSPS) is 14.1. The number of hydrogen-bond donors (Lipinski definition) is 1. The highest BCUT2D eigenvalue weighted by Crippen LogP contribution is 2.30. The predicted octanol–water partition coefficient (Wildman–Crippen LogP) is 4.12. The van der Waals surface area contributed by atoms with Crippen LogP contribution in [0.15, 0.2) is 42.5 Å². The lowest BCUT2D eigenvalue weighted by atomic mass is 9.93. The maximum Gasteiger partial charge on any atom is 0.255 e. The summed E-state index contributed by atoms with van der Waals surface area (Å²) >= 11 is 5.98. The van der Waals surface area contributed by atoms with Gasteiger partial charge in [0, 0.05) is 17.6 Å². The summed E-state index contributed by atoms with van der Waals surface area (Å²) in [5.41, 5.74) is 7.05. The number of ether oxygens (including phenoxy) is 2. The molecule has 0 heterocycles. The molecule has 0 bridgehead atoms. The van der Waals surface area contributed by atoms with E-state index in [9.17, 15) is 9.59 Å². The number of hydrogen-bond acceptors (Lipinski definition) is 4. The topological polar surface area (TPSA) is 81.9 Å². The lowest BCUT2D eigenvalue weighted by Gasteiger charge is -2.35. The van der Waals surface area contributed by atoms with Gasteiger partial charge in [0.15, 0.2) is 18.1 Å². The number of nitrogens with two attached hydrogens (primary N) is 1. The van der Waals surface area contributed by atoms with Crippen LogP contribution in [0.3, 0.4) is 0 Å². The van der Waals surface area contributed by atoms with Crippen LogP contribution >= 0.6 is 11.6 Å². The Bertz CT molecular complexity index is 895. The molecule has 0 aliphatic heterocycles. The minimum Gasteiger partial charge on any atom is -0.493 e. The molecule has 3 rings (SSSR count). The molecule has 1 fully saturated rings. The van der Waals surface area contributed by atoms with Crippen LogP contribution in [0.5, 0.6) is 11.5 Å². The Hall–Kier alpha value is -2.73. The first kappa shape index (κ1) is 22.9. The van der Waals surface area contributed by atoms with Crippen molar-refractivity contribution in [1.29, 1.82) is 0 Å². The van der Waals surface area contributed by atoms with Gasteiger partial charge in [-0.3, -0.25) is 9.59 Å². The molecular formula is C24H29ClN2O4. The molecule has 0 radical (unpaired) electrons. The SMILES string of the molecule is COc1cc(CN(C(=O)Cc2ccc(Cl)cc2)C2CCCCC2)ccc1OCC(N)=O. The predicted molar refractivity (Wildman–Crippen MR) is 120 cm³/mol. The van der Waals surface area contributed by atoms with E-state index in [4.69, 9.17) is 26.8 Å². The molecule has 1 saturated carbocycles. The van der Waals surface area contributed by atoms with Crippen molar-refractivity contribution in [2.75, 3.05) is 13.7 Å². The van der Waals surface area contributed by atoms with E-state index in [0.29, 0.717) is 29.5 Å². The van der Waals surface area contributed by atoms with Crippen LogP contribution in [-0.2, 0) is 22.6 Å². The fourth-order valence-corrected chi connectivity index (χ4v) is 4.09. The molecule has 2 aromatic rings. The van der Waals surface area contributed by atoms with Gasteiger partial charge in [-0.15, -0.1) is 0 Å². The molecule has 7 heteroatoms. The van der Waals surface area contributed by atoms with Crippen LogP contribution in [-0.4, -0.2) is 36.5 Å². The molecule has 2 aromatic carbocycles. The number of halogens is 1. The number of primary amides is 1. The van der Waals surface area contributed by atoms with Crippen LogP contribution < -0.4 is 15.2 Å². The summed E-state index contributed by atoms with van der Waals surface area (Å²) in [6.07, 6.45) is 5.86. The summed E-state index contributed by atoms with van der Waals surface area (Å²) in [4.78, 5) is 26.3. The first-order chi connectivity index (χ1) is 15.0. The summed E-state index contributed by atoms with van der Waals surface area (Å²) < 4.78 is 10.8. The van der Waals surface area contributed by atoms with Gasteiger partial charge in [-0.2, -0.15) is 0 Å². The minimum absolute atomic E-state index is 0.0993. The fourth-order valence-electron chi connectivity index (χ4n) is 3.97. The highest BCUT2D eigenvalue weighted by molar-refractivity contribution is 6.30. The Morgan fingerprint density at radius 1 is 1.03 bits per heavy atom. The van der Waals surface area contributed by atoms with Gasteiger partial charge in [-0.05, 0) is 48.2 Å². The van der Waals surface area contributed by atoms with Crippen LogP contribution in [0, 0.1) is 0 Å². The van der Waals surface area contributed by atoms with E-state index in [1.165, 1.54) is 6.42 Å².